The third-order valence-corrected chi connectivity index (χ3v) is 16.1. The quantitative estimate of drug-likeness (QED) is 0.169. The zero-order chi connectivity index (χ0) is 25.9. The Labute approximate surface area is 241 Å². The standard InChI is InChI=1S/C26H34O4S6/c1-5-23(27)29-11-21-15-33-25(35-21)17(3)31-13-19-7-9-20(10-8-19)14-32-18(4)26-34-16-22(36-26)12-30-24(28)6-2/h5-10,17-18,21-22,25-26H,1-2,11-16H2,3-4H3. The summed E-state index contributed by atoms with van der Waals surface area (Å²) in [4.78, 5) is 22.6. The highest BCUT2D eigenvalue weighted by Gasteiger charge is 2.32. The molecule has 2 fully saturated rings. The van der Waals surface area contributed by atoms with Crippen molar-refractivity contribution in [1.82, 2.24) is 0 Å². The number of carbonyl (C=O) groups excluding carboxylic acids is 2. The Balaban J connectivity index is 1.33. The zero-order valence-electron chi connectivity index (χ0n) is 20.7. The molecule has 0 saturated carbocycles. The van der Waals surface area contributed by atoms with Crippen LogP contribution in [-0.4, -0.2) is 66.8 Å². The van der Waals surface area contributed by atoms with Gasteiger partial charge in [0, 0.05) is 56.2 Å². The van der Waals surface area contributed by atoms with Crippen molar-refractivity contribution in [2.45, 2.75) is 55.5 Å². The Morgan fingerprint density at radius 3 is 1.61 bits per heavy atom. The lowest BCUT2D eigenvalue weighted by Crippen LogP contribution is -2.16. The minimum Gasteiger partial charge on any atom is -0.461 e. The molecule has 36 heavy (non-hydrogen) atoms. The molecule has 2 heterocycles. The van der Waals surface area contributed by atoms with Gasteiger partial charge in [-0.1, -0.05) is 51.3 Å². The Morgan fingerprint density at radius 1 is 0.861 bits per heavy atom. The Bertz CT molecular complexity index is 809. The molecule has 0 bridgehead atoms. The van der Waals surface area contributed by atoms with Crippen LogP contribution in [0.15, 0.2) is 49.6 Å². The van der Waals surface area contributed by atoms with Gasteiger partial charge in [0.15, 0.2) is 0 Å². The topological polar surface area (TPSA) is 52.6 Å². The zero-order valence-corrected chi connectivity index (χ0v) is 25.6. The molecule has 0 spiro atoms. The fraction of sp³-hybridized carbons (Fsp3) is 0.538. The van der Waals surface area contributed by atoms with Crippen molar-refractivity contribution >= 4 is 82.5 Å². The molecule has 0 amide bonds. The summed E-state index contributed by atoms with van der Waals surface area (Å²) in [7, 11) is 0. The normalized spacial score (nSPS) is 25.2. The van der Waals surface area contributed by atoms with Crippen LogP contribution in [0.25, 0.3) is 0 Å². The second kappa shape index (κ2) is 16.0. The van der Waals surface area contributed by atoms with E-state index in [9.17, 15) is 9.59 Å². The summed E-state index contributed by atoms with van der Waals surface area (Å²) in [6.45, 7) is 12.4. The fourth-order valence-corrected chi connectivity index (χ4v) is 13.0. The molecule has 1 aromatic carbocycles. The van der Waals surface area contributed by atoms with Crippen molar-refractivity contribution in [1.29, 1.82) is 0 Å². The molecular formula is C26H34O4S6. The van der Waals surface area contributed by atoms with Crippen molar-refractivity contribution in [2.75, 3.05) is 24.7 Å². The molecule has 6 atom stereocenters. The van der Waals surface area contributed by atoms with Crippen molar-refractivity contribution in [3.8, 4) is 0 Å². The lowest BCUT2D eigenvalue weighted by atomic mass is 10.2. The van der Waals surface area contributed by atoms with E-state index >= 15 is 0 Å². The predicted octanol–water partition coefficient (Wildman–Crippen LogP) is 6.74. The van der Waals surface area contributed by atoms with Crippen LogP contribution in [0.5, 0.6) is 0 Å². The van der Waals surface area contributed by atoms with E-state index in [-0.39, 0.29) is 11.9 Å². The maximum absolute atomic E-state index is 11.3. The van der Waals surface area contributed by atoms with Gasteiger partial charge >= 0.3 is 11.9 Å². The number of thioether (sulfide) groups is 6. The van der Waals surface area contributed by atoms with Crippen LogP contribution >= 0.6 is 70.6 Å². The van der Waals surface area contributed by atoms with E-state index in [4.69, 9.17) is 9.47 Å². The predicted molar refractivity (Wildman–Crippen MR) is 166 cm³/mol. The molecule has 0 N–H and O–H groups in total. The van der Waals surface area contributed by atoms with Crippen LogP contribution < -0.4 is 0 Å². The largest absolute Gasteiger partial charge is 0.461 e. The monoisotopic (exact) mass is 602 g/mol. The van der Waals surface area contributed by atoms with E-state index in [0.717, 1.165) is 23.0 Å². The van der Waals surface area contributed by atoms with Gasteiger partial charge in [0.25, 0.3) is 0 Å². The molecule has 198 valence electrons. The summed E-state index contributed by atoms with van der Waals surface area (Å²) >= 11 is 11.8. The SMILES string of the molecule is C=CC(=O)OCC1CSC(C(C)SCc2ccc(CSC(C)C3SCC(COC(=O)C=C)S3)cc2)S1. The molecule has 2 aliphatic rings. The Kier molecular flexibility index (Phi) is 13.4. The van der Waals surface area contributed by atoms with E-state index in [2.05, 4.69) is 51.3 Å². The van der Waals surface area contributed by atoms with Gasteiger partial charge in [-0.05, 0) is 11.1 Å². The van der Waals surface area contributed by atoms with Crippen molar-refractivity contribution in [2.24, 2.45) is 0 Å². The average molecular weight is 603 g/mol. The first-order valence-corrected chi connectivity index (χ1v) is 17.9. The van der Waals surface area contributed by atoms with E-state index in [0.29, 0.717) is 43.4 Å². The summed E-state index contributed by atoms with van der Waals surface area (Å²) in [5.74, 6) is 3.39. The van der Waals surface area contributed by atoms with Crippen LogP contribution in [0, 0.1) is 0 Å². The van der Waals surface area contributed by atoms with Gasteiger partial charge < -0.3 is 9.47 Å². The first-order valence-electron chi connectivity index (χ1n) is 11.8. The summed E-state index contributed by atoms with van der Waals surface area (Å²) < 4.78 is 11.5. The minimum atomic E-state index is -0.337. The molecular weight excluding hydrogens is 569 g/mol. The second-order valence-corrected chi connectivity index (χ2v) is 17.0. The lowest BCUT2D eigenvalue weighted by molar-refractivity contribution is -0.138. The minimum absolute atomic E-state index is 0.337. The number of ether oxygens (including phenoxy) is 2. The average Bonchev–Trinajstić information content (AvgIpc) is 3.58. The smallest absolute Gasteiger partial charge is 0.330 e. The van der Waals surface area contributed by atoms with Crippen molar-refractivity contribution in [3.05, 3.63) is 60.7 Å². The van der Waals surface area contributed by atoms with Gasteiger partial charge in [0.1, 0.15) is 13.2 Å². The van der Waals surface area contributed by atoms with E-state index in [1.54, 1.807) is 0 Å². The maximum Gasteiger partial charge on any atom is 0.330 e. The van der Waals surface area contributed by atoms with Gasteiger partial charge in [0.2, 0.25) is 0 Å². The molecule has 3 rings (SSSR count). The van der Waals surface area contributed by atoms with Crippen LogP contribution in [0.4, 0.5) is 0 Å². The van der Waals surface area contributed by atoms with Crippen LogP contribution in [0.3, 0.4) is 0 Å². The molecule has 2 aliphatic heterocycles. The number of esters is 2. The molecule has 0 aromatic heterocycles. The number of rotatable bonds is 14. The maximum atomic E-state index is 11.3. The molecule has 1 aromatic rings. The van der Waals surface area contributed by atoms with E-state index in [1.165, 1.54) is 23.3 Å². The number of benzene rings is 1. The van der Waals surface area contributed by atoms with Crippen molar-refractivity contribution in [3.63, 3.8) is 0 Å². The molecule has 0 aliphatic carbocycles. The van der Waals surface area contributed by atoms with Gasteiger partial charge in [0.05, 0.1) is 9.16 Å². The molecule has 4 nitrogen and oxygen atoms in total. The first-order chi connectivity index (χ1) is 17.4. The number of carbonyl (C=O) groups is 2. The summed E-state index contributed by atoms with van der Waals surface area (Å²) in [6, 6.07) is 9.04. The van der Waals surface area contributed by atoms with Gasteiger partial charge in [-0.25, -0.2) is 9.59 Å². The van der Waals surface area contributed by atoms with Gasteiger partial charge in [-0.2, -0.15) is 23.5 Å². The highest BCUT2D eigenvalue weighted by atomic mass is 32.2. The highest BCUT2D eigenvalue weighted by Crippen LogP contribution is 2.45. The fourth-order valence-electron chi connectivity index (χ4n) is 3.42. The highest BCUT2D eigenvalue weighted by molar-refractivity contribution is 8.22. The first kappa shape index (κ1) is 30.3. The third kappa shape index (κ3) is 10.1. The third-order valence-electron chi connectivity index (χ3n) is 5.52. The molecule has 2 saturated heterocycles. The van der Waals surface area contributed by atoms with Crippen LogP contribution in [0.1, 0.15) is 25.0 Å². The van der Waals surface area contributed by atoms with Crippen LogP contribution in [0.2, 0.25) is 0 Å². The van der Waals surface area contributed by atoms with Crippen molar-refractivity contribution < 1.29 is 19.1 Å². The Hall–Kier alpha value is -0.260. The van der Waals surface area contributed by atoms with Crippen LogP contribution in [-0.2, 0) is 30.6 Å². The number of hydrogen-bond donors (Lipinski definition) is 0. The summed E-state index contributed by atoms with van der Waals surface area (Å²) in [5, 5.41) is 1.80. The van der Waals surface area contributed by atoms with E-state index < -0.39 is 0 Å². The molecule has 0 radical (unpaired) electrons. The van der Waals surface area contributed by atoms with E-state index in [1.807, 2.05) is 70.6 Å². The Morgan fingerprint density at radius 2 is 1.25 bits per heavy atom. The van der Waals surface area contributed by atoms with Gasteiger partial charge in [-0.15, -0.1) is 47.0 Å². The lowest BCUT2D eigenvalue weighted by Gasteiger charge is -2.19. The molecule has 6 unspecified atom stereocenters. The summed E-state index contributed by atoms with van der Waals surface area (Å²) in [5.41, 5.74) is 2.72. The summed E-state index contributed by atoms with van der Waals surface area (Å²) in [6.07, 6.45) is 2.45. The second-order valence-electron chi connectivity index (χ2n) is 8.44. The number of hydrogen-bond acceptors (Lipinski definition) is 10. The van der Waals surface area contributed by atoms with Gasteiger partial charge in [-0.3, -0.25) is 0 Å². The molecule has 10 heteroatoms.